The van der Waals surface area contributed by atoms with Gasteiger partial charge in [0.1, 0.15) is 0 Å². The van der Waals surface area contributed by atoms with Crippen molar-refractivity contribution in [1.29, 1.82) is 0 Å². The first-order chi connectivity index (χ1) is 7.95. The molecule has 0 spiro atoms. The van der Waals surface area contributed by atoms with Gasteiger partial charge in [-0.2, -0.15) is 0 Å². The summed E-state index contributed by atoms with van der Waals surface area (Å²) in [5, 5.41) is 9.69. The van der Waals surface area contributed by atoms with E-state index in [4.69, 9.17) is 10.5 Å². The number of methoxy groups -OCH3 is 1. The summed E-state index contributed by atoms with van der Waals surface area (Å²) in [4.78, 5) is 1.95. The molecule has 1 rings (SSSR count). The van der Waals surface area contributed by atoms with Crippen LogP contribution in [0.5, 0.6) is 0 Å². The van der Waals surface area contributed by atoms with E-state index in [0.717, 1.165) is 11.4 Å². The number of anilines is 2. The lowest BCUT2D eigenvalue weighted by Crippen LogP contribution is -2.32. The summed E-state index contributed by atoms with van der Waals surface area (Å²) in [6.45, 7) is 4.92. The lowest BCUT2D eigenvalue weighted by molar-refractivity contribution is 0.0695. The number of rotatable bonds is 5. The number of benzene rings is 1. The van der Waals surface area contributed by atoms with E-state index in [1.165, 1.54) is 11.1 Å². The van der Waals surface area contributed by atoms with Crippen LogP contribution in [0.3, 0.4) is 0 Å². The fraction of sp³-hybridized carbons (Fsp3) is 0.538. The van der Waals surface area contributed by atoms with Crippen molar-refractivity contribution in [2.75, 3.05) is 37.9 Å². The first kappa shape index (κ1) is 13.8. The molecule has 17 heavy (non-hydrogen) atoms. The Morgan fingerprint density at radius 3 is 2.53 bits per heavy atom. The highest BCUT2D eigenvalue weighted by Gasteiger charge is 2.11. The standard InChI is InChI=1S/C13H22N2O2/c1-9-5-12(14)13(6-10(9)2)15(3)7-11(16)8-17-4/h5-6,11,16H,7-8,14H2,1-4H3. The minimum absolute atomic E-state index is 0.328. The normalized spacial score (nSPS) is 12.5. The van der Waals surface area contributed by atoms with E-state index < -0.39 is 6.10 Å². The van der Waals surface area contributed by atoms with Gasteiger partial charge in [0.05, 0.1) is 24.1 Å². The number of aliphatic hydroxyl groups excluding tert-OH is 1. The van der Waals surface area contributed by atoms with E-state index in [-0.39, 0.29) is 0 Å². The summed E-state index contributed by atoms with van der Waals surface area (Å²) < 4.78 is 4.91. The van der Waals surface area contributed by atoms with Crippen LogP contribution >= 0.6 is 0 Å². The zero-order valence-corrected chi connectivity index (χ0v) is 11.0. The van der Waals surface area contributed by atoms with Gasteiger partial charge in [-0.3, -0.25) is 0 Å². The molecule has 4 nitrogen and oxygen atoms in total. The first-order valence-corrected chi connectivity index (χ1v) is 5.70. The summed E-state index contributed by atoms with van der Waals surface area (Å²) in [6.07, 6.45) is -0.508. The number of likely N-dealkylation sites (N-methyl/N-ethyl adjacent to an activating group) is 1. The molecule has 1 atom stereocenters. The highest BCUT2D eigenvalue weighted by atomic mass is 16.5. The van der Waals surface area contributed by atoms with Gasteiger partial charge in [0.25, 0.3) is 0 Å². The Hall–Kier alpha value is -1.26. The fourth-order valence-corrected chi connectivity index (χ4v) is 1.81. The molecule has 0 heterocycles. The van der Waals surface area contributed by atoms with Gasteiger partial charge in [-0.15, -0.1) is 0 Å². The van der Waals surface area contributed by atoms with Crippen LogP contribution in [0.2, 0.25) is 0 Å². The molecule has 0 aliphatic carbocycles. The summed E-state index contributed by atoms with van der Waals surface area (Å²) in [5.74, 6) is 0. The van der Waals surface area contributed by atoms with Crippen molar-refractivity contribution in [3.8, 4) is 0 Å². The lowest BCUT2D eigenvalue weighted by atomic mass is 10.1. The smallest absolute Gasteiger partial charge is 0.0947 e. The van der Waals surface area contributed by atoms with Crippen molar-refractivity contribution in [2.24, 2.45) is 0 Å². The van der Waals surface area contributed by atoms with Crippen LogP contribution in [-0.2, 0) is 4.74 Å². The summed E-state index contributed by atoms with van der Waals surface area (Å²) in [5.41, 5.74) is 10.0. The number of ether oxygens (including phenoxy) is 1. The summed E-state index contributed by atoms with van der Waals surface area (Å²) >= 11 is 0. The predicted octanol–water partition coefficient (Wildman–Crippen LogP) is 1.33. The zero-order chi connectivity index (χ0) is 13.0. The highest BCUT2D eigenvalue weighted by molar-refractivity contribution is 5.69. The largest absolute Gasteiger partial charge is 0.397 e. The van der Waals surface area contributed by atoms with Gasteiger partial charge in [0, 0.05) is 20.7 Å². The third-order valence-corrected chi connectivity index (χ3v) is 2.90. The average molecular weight is 238 g/mol. The maximum atomic E-state index is 9.69. The van der Waals surface area contributed by atoms with Crippen LogP contribution in [0.15, 0.2) is 12.1 Å². The number of hydrogen-bond donors (Lipinski definition) is 2. The van der Waals surface area contributed by atoms with Crippen molar-refractivity contribution in [3.05, 3.63) is 23.3 Å². The van der Waals surface area contributed by atoms with Gasteiger partial charge in [-0.05, 0) is 37.1 Å². The Morgan fingerprint density at radius 1 is 1.35 bits per heavy atom. The van der Waals surface area contributed by atoms with E-state index in [1.54, 1.807) is 7.11 Å². The number of aliphatic hydroxyl groups is 1. The number of hydrogen-bond acceptors (Lipinski definition) is 4. The summed E-state index contributed by atoms with van der Waals surface area (Å²) in [6, 6.07) is 4.01. The zero-order valence-electron chi connectivity index (χ0n) is 11.0. The molecule has 96 valence electrons. The van der Waals surface area contributed by atoms with E-state index in [2.05, 4.69) is 6.92 Å². The second-order valence-electron chi connectivity index (χ2n) is 4.48. The topological polar surface area (TPSA) is 58.7 Å². The minimum atomic E-state index is -0.508. The van der Waals surface area contributed by atoms with E-state index >= 15 is 0 Å². The van der Waals surface area contributed by atoms with E-state index in [9.17, 15) is 5.11 Å². The van der Waals surface area contributed by atoms with Crippen molar-refractivity contribution >= 4 is 11.4 Å². The van der Waals surface area contributed by atoms with Gasteiger partial charge in [0.15, 0.2) is 0 Å². The molecule has 0 amide bonds. The van der Waals surface area contributed by atoms with Crippen molar-refractivity contribution in [2.45, 2.75) is 20.0 Å². The van der Waals surface area contributed by atoms with Crippen molar-refractivity contribution in [3.63, 3.8) is 0 Å². The Bertz CT molecular complexity index is 380. The van der Waals surface area contributed by atoms with Crippen molar-refractivity contribution in [1.82, 2.24) is 0 Å². The molecule has 0 radical (unpaired) electrons. The lowest BCUT2D eigenvalue weighted by Gasteiger charge is -2.24. The van der Waals surface area contributed by atoms with E-state index in [0.29, 0.717) is 13.2 Å². The highest BCUT2D eigenvalue weighted by Crippen LogP contribution is 2.26. The molecular formula is C13H22N2O2. The van der Waals surface area contributed by atoms with Crippen LogP contribution in [0.25, 0.3) is 0 Å². The first-order valence-electron chi connectivity index (χ1n) is 5.70. The molecular weight excluding hydrogens is 216 g/mol. The molecule has 4 heteroatoms. The number of aryl methyl sites for hydroxylation is 2. The van der Waals surface area contributed by atoms with Gasteiger partial charge < -0.3 is 20.5 Å². The molecule has 0 bridgehead atoms. The Labute approximate surface area is 103 Å². The summed E-state index contributed by atoms with van der Waals surface area (Å²) in [7, 11) is 3.49. The van der Waals surface area contributed by atoms with Gasteiger partial charge in [-0.25, -0.2) is 0 Å². The monoisotopic (exact) mass is 238 g/mol. The number of nitrogens with two attached hydrogens (primary N) is 1. The Morgan fingerprint density at radius 2 is 1.94 bits per heavy atom. The maximum Gasteiger partial charge on any atom is 0.0947 e. The molecule has 0 saturated heterocycles. The molecule has 0 aliphatic heterocycles. The number of nitrogen functional groups attached to an aromatic ring is 1. The SMILES string of the molecule is COCC(O)CN(C)c1cc(C)c(C)cc1N. The van der Waals surface area contributed by atoms with Gasteiger partial charge in [-0.1, -0.05) is 0 Å². The van der Waals surface area contributed by atoms with Crippen LogP contribution < -0.4 is 10.6 Å². The second kappa shape index (κ2) is 5.89. The second-order valence-corrected chi connectivity index (χ2v) is 4.48. The van der Waals surface area contributed by atoms with Gasteiger partial charge >= 0.3 is 0 Å². The quantitative estimate of drug-likeness (QED) is 0.760. The molecule has 1 aromatic carbocycles. The maximum absolute atomic E-state index is 9.69. The molecule has 0 saturated carbocycles. The Kier molecular flexibility index (Phi) is 4.78. The molecule has 1 aromatic rings. The Balaban J connectivity index is 2.81. The molecule has 3 N–H and O–H groups in total. The van der Waals surface area contributed by atoms with Crippen LogP contribution in [-0.4, -0.2) is 38.5 Å². The van der Waals surface area contributed by atoms with Gasteiger partial charge in [0.2, 0.25) is 0 Å². The van der Waals surface area contributed by atoms with Crippen LogP contribution in [0.1, 0.15) is 11.1 Å². The minimum Gasteiger partial charge on any atom is -0.397 e. The fourth-order valence-electron chi connectivity index (χ4n) is 1.81. The molecule has 0 fully saturated rings. The predicted molar refractivity (Wildman–Crippen MR) is 71.5 cm³/mol. The molecule has 1 unspecified atom stereocenters. The number of nitrogens with zero attached hydrogens (tertiary/aromatic N) is 1. The molecule has 0 aromatic heterocycles. The van der Waals surface area contributed by atoms with Crippen molar-refractivity contribution < 1.29 is 9.84 Å². The third-order valence-electron chi connectivity index (χ3n) is 2.90. The third kappa shape index (κ3) is 3.61. The van der Waals surface area contributed by atoms with Crippen LogP contribution in [0.4, 0.5) is 11.4 Å². The van der Waals surface area contributed by atoms with Crippen LogP contribution in [0, 0.1) is 13.8 Å². The van der Waals surface area contributed by atoms with E-state index in [1.807, 2.05) is 31.0 Å². The molecule has 0 aliphatic rings. The average Bonchev–Trinajstić information content (AvgIpc) is 2.23.